The van der Waals surface area contributed by atoms with Crippen molar-refractivity contribution in [1.29, 1.82) is 0 Å². The topological polar surface area (TPSA) is 78.9 Å². The highest BCUT2D eigenvalue weighted by Gasteiger charge is 2.21. The molecular weight excluding hydrogens is 206 g/mol. The van der Waals surface area contributed by atoms with Crippen molar-refractivity contribution in [2.24, 2.45) is 22.7 Å². The van der Waals surface area contributed by atoms with Gasteiger partial charge in [-0.25, -0.2) is 0 Å². The molecule has 94 valence electrons. The van der Waals surface area contributed by atoms with Gasteiger partial charge in [0.2, 0.25) is 5.91 Å². The van der Waals surface area contributed by atoms with E-state index in [0.29, 0.717) is 6.54 Å². The minimum absolute atomic E-state index is 0.0736. The number of nitrogens with two attached hydrogens (primary N) is 1. The Morgan fingerprint density at radius 3 is 2.31 bits per heavy atom. The Hall–Kier alpha value is -1.26. The van der Waals surface area contributed by atoms with Gasteiger partial charge in [-0.3, -0.25) is 4.79 Å². The van der Waals surface area contributed by atoms with Gasteiger partial charge < -0.3 is 15.8 Å². The van der Waals surface area contributed by atoms with Gasteiger partial charge in [0, 0.05) is 25.4 Å². The number of hydrogen-bond donors (Lipinski definition) is 2. The molecule has 0 radical (unpaired) electrons. The second-order valence-electron chi connectivity index (χ2n) is 4.16. The third-order valence-electron chi connectivity index (χ3n) is 2.88. The third-order valence-corrected chi connectivity index (χ3v) is 2.88. The van der Waals surface area contributed by atoms with Crippen LogP contribution in [0.25, 0.3) is 0 Å². The molecule has 1 atom stereocenters. The maximum absolute atomic E-state index is 11.9. The molecule has 5 heteroatoms. The number of rotatable bonds is 6. The highest BCUT2D eigenvalue weighted by Crippen LogP contribution is 2.12. The average Bonchev–Trinajstić information content (AvgIpc) is 2.29. The molecule has 0 aliphatic carbocycles. The second kappa shape index (κ2) is 7.09. The predicted molar refractivity (Wildman–Crippen MR) is 64.3 cm³/mol. The van der Waals surface area contributed by atoms with Gasteiger partial charge in [-0.2, -0.15) is 0 Å². The summed E-state index contributed by atoms with van der Waals surface area (Å²) in [5.41, 5.74) is 5.47. The van der Waals surface area contributed by atoms with Gasteiger partial charge in [0.25, 0.3) is 0 Å². The van der Waals surface area contributed by atoms with Gasteiger partial charge in [0.1, 0.15) is 5.84 Å². The van der Waals surface area contributed by atoms with Gasteiger partial charge >= 0.3 is 0 Å². The van der Waals surface area contributed by atoms with Crippen molar-refractivity contribution in [2.75, 3.05) is 13.6 Å². The Morgan fingerprint density at radius 1 is 1.44 bits per heavy atom. The van der Waals surface area contributed by atoms with Gasteiger partial charge in [-0.05, 0) is 12.8 Å². The van der Waals surface area contributed by atoms with Crippen molar-refractivity contribution in [3.63, 3.8) is 0 Å². The lowest BCUT2D eigenvalue weighted by Gasteiger charge is -2.24. The van der Waals surface area contributed by atoms with Crippen LogP contribution in [0, 0.1) is 11.8 Å². The molecule has 0 aromatic heterocycles. The number of amidine groups is 1. The predicted octanol–water partition coefficient (Wildman–Crippen LogP) is 1.26. The molecule has 0 fully saturated rings. The molecule has 5 nitrogen and oxygen atoms in total. The average molecular weight is 229 g/mol. The quantitative estimate of drug-likeness (QED) is 0.311. The van der Waals surface area contributed by atoms with Crippen LogP contribution in [0.4, 0.5) is 0 Å². The summed E-state index contributed by atoms with van der Waals surface area (Å²) in [6.07, 6.45) is 1.69. The summed E-state index contributed by atoms with van der Waals surface area (Å²) in [6, 6.07) is 0. The van der Waals surface area contributed by atoms with E-state index in [1.807, 2.05) is 20.8 Å². The Kier molecular flexibility index (Phi) is 6.53. The molecule has 1 unspecified atom stereocenters. The molecule has 0 bridgehead atoms. The van der Waals surface area contributed by atoms with E-state index in [9.17, 15) is 4.79 Å². The molecule has 0 aromatic rings. The summed E-state index contributed by atoms with van der Waals surface area (Å²) in [7, 11) is 1.75. The zero-order valence-corrected chi connectivity index (χ0v) is 10.6. The lowest BCUT2D eigenvalue weighted by Crippen LogP contribution is -2.39. The van der Waals surface area contributed by atoms with E-state index >= 15 is 0 Å². The van der Waals surface area contributed by atoms with Crippen molar-refractivity contribution in [1.82, 2.24) is 4.90 Å². The summed E-state index contributed by atoms with van der Waals surface area (Å²) in [4.78, 5) is 13.6. The molecule has 0 spiro atoms. The van der Waals surface area contributed by atoms with Crippen LogP contribution in [0.1, 0.15) is 33.6 Å². The molecule has 0 aromatic carbocycles. The standard InChI is InChI=1S/C11H23N3O2/c1-5-9(6-2)11(15)14(4)7-8(3)10(12)13-16/h8-9,16H,5-7H2,1-4H3,(H2,12,13). The van der Waals surface area contributed by atoms with Crippen molar-refractivity contribution in [2.45, 2.75) is 33.6 Å². The van der Waals surface area contributed by atoms with E-state index in [-0.39, 0.29) is 23.6 Å². The molecule has 0 rings (SSSR count). The summed E-state index contributed by atoms with van der Waals surface area (Å²) < 4.78 is 0. The lowest BCUT2D eigenvalue weighted by molar-refractivity contribution is -0.134. The first-order valence-corrected chi connectivity index (χ1v) is 5.70. The number of nitrogens with zero attached hydrogens (tertiary/aromatic N) is 2. The fourth-order valence-electron chi connectivity index (χ4n) is 1.64. The van der Waals surface area contributed by atoms with E-state index in [2.05, 4.69) is 5.16 Å². The van der Waals surface area contributed by atoms with Crippen molar-refractivity contribution in [3.8, 4) is 0 Å². The van der Waals surface area contributed by atoms with Gasteiger partial charge in [0.15, 0.2) is 0 Å². The van der Waals surface area contributed by atoms with Crippen LogP contribution in [0.3, 0.4) is 0 Å². The van der Waals surface area contributed by atoms with E-state index in [1.54, 1.807) is 11.9 Å². The molecule has 0 aliphatic rings. The van der Waals surface area contributed by atoms with E-state index in [4.69, 9.17) is 10.9 Å². The van der Waals surface area contributed by atoms with Gasteiger partial charge in [0.05, 0.1) is 0 Å². The second-order valence-corrected chi connectivity index (χ2v) is 4.16. The van der Waals surface area contributed by atoms with Gasteiger partial charge in [-0.15, -0.1) is 0 Å². The number of oxime groups is 1. The van der Waals surface area contributed by atoms with Crippen LogP contribution in [-0.2, 0) is 4.79 Å². The van der Waals surface area contributed by atoms with Crippen LogP contribution in [0.5, 0.6) is 0 Å². The van der Waals surface area contributed by atoms with E-state index in [0.717, 1.165) is 12.8 Å². The Morgan fingerprint density at radius 2 is 1.94 bits per heavy atom. The fraction of sp³-hybridized carbons (Fsp3) is 0.818. The lowest BCUT2D eigenvalue weighted by atomic mass is 10.0. The SMILES string of the molecule is CCC(CC)C(=O)N(C)CC(C)C(N)=NO. The largest absolute Gasteiger partial charge is 0.409 e. The van der Waals surface area contributed by atoms with E-state index < -0.39 is 0 Å². The molecule has 16 heavy (non-hydrogen) atoms. The number of amides is 1. The first-order chi connectivity index (χ1) is 7.47. The Labute approximate surface area is 97.3 Å². The van der Waals surface area contributed by atoms with Crippen LogP contribution >= 0.6 is 0 Å². The summed E-state index contributed by atoms with van der Waals surface area (Å²) in [5, 5.41) is 11.5. The van der Waals surface area contributed by atoms with Crippen LogP contribution in [0.15, 0.2) is 5.16 Å². The molecule has 0 saturated heterocycles. The number of hydrogen-bond acceptors (Lipinski definition) is 3. The minimum atomic E-state index is -0.131. The molecule has 1 amide bonds. The smallest absolute Gasteiger partial charge is 0.225 e. The maximum Gasteiger partial charge on any atom is 0.225 e. The number of carbonyl (C=O) groups excluding carboxylic acids is 1. The van der Waals surface area contributed by atoms with Crippen molar-refractivity contribution >= 4 is 11.7 Å². The summed E-state index contributed by atoms with van der Waals surface area (Å²) >= 11 is 0. The Bertz CT molecular complexity index is 250. The molecule has 0 aliphatic heterocycles. The number of carbonyl (C=O) groups is 1. The van der Waals surface area contributed by atoms with Crippen LogP contribution in [-0.4, -0.2) is 35.4 Å². The first kappa shape index (κ1) is 14.7. The highest BCUT2D eigenvalue weighted by atomic mass is 16.4. The molecular formula is C11H23N3O2. The normalized spacial score (nSPS) is 13.9. The minimum Gasteiger partial charge on any atom is -0.409 e. The zero-order valence-electron chi connectivity index (χ0n) is 10.6. The first-order valence-electron chi connectivity index (χ1n) is 5.70. The monoisotopic (exact) mass is 229 g/mol. The highest BCUT2D eigenvalue weighted by molar-refractivity contribution is 5.83. The van der Waals surface area contributed by atoms with Crippen molar-refractivity contribution in [3.05, 3.63) is 0 Å². The van der Waals surface area contributed by atoms with Gasteiger partial charge in [-0.1, -0.05) is 25.9 Å². The van der Waals surface area contributed by atoms with Crippen LogP contribution in [0.2, 0.25) is 0 Å². The third kappa shape index (κ3) is 4.08. The summed E-state index contributed by atoms with van der Waals surface area (Å²) in [5.74, 6) is 0.226. The van der Waals surface area contributed by atoms with Crippen LogP contribution < -0.4 is 5.73 Å². The molecule has 0 heterocycles. The molecule has 3 N–H and O–H groups in total. The molecule has 0 saturated carbocycles. The van der Waals surface area contributed by atoms with E-state index in [1.165, 1.54) is 0 Å². The Balaban J connectivity index is 4.35. The maximum atomic E-state index is 11.9. The fourth-order valence-corrected chi connectivity index (χ4v) is 1.64. The zero-order chi connectivity index (χ0) is 12.7. The van der Waals surface area contributed by atoms with Crippen molar-refractivity contribution < 1.29 is 10.0 Å². The summed E-state index contributed by atoms with van der Waals surface area (Å²) in [6.45, 7) is 6.32.